The molecule has 0 bridgehead atoms. The maximum absolute atomic E-state index is 14.1. The van der Waals surface area contributed by atoms with Crippen LogP contribution < -0.4 is 9.62 Å². The number of rotatable bonds is 11. The van der Waals surface area contributed by atoms with Crippen molar-refractivity contribution in [3.8, 4) is 0 Å². The molecule has 208 valence electrons. The van der Waals surface area contributed by atoms with E-state index >= 15 is 0 Å². The average Bonchev–Trinajstić information content (AvgIpc) is 2.89. The van der Waals surface area contributed by atoms with Crippen molar-refractivity contribution in [1.29, 1.82) is 0 Å². The maximum atomic E-state index is 14.1. The van der Waals surface area contributed by atoms with E-state index in [-0.39, 0.29) is 23.4 Å². The molecule has 0 saturated heterocycles. The van der Waals surface area contributed by atoms with E-state index in [4.69, 9.17) is 11.6 Å². The van der Waals surface area contributed by atoms with E-state index in [1.165, 1.54) is 17.0 Å². The molecule has 0 heterocycles. The van der Waals surface area contributed by atoms with Gasteiger partial charge in [0.25, 0.3) is 10.0 Å². The highest BCUT2D eigenvalue weighted by Gasteiger charge is 2.34. The molecule has 0 aliphatic rings. The molecule has 0 fully saturated rings. The third-order valence-corrected chi connectivity index (χ3v) is 8.59. The van der Waals surface area contributed by atoms with Crippen LogP contribution in [0.5, 0.6) is 0 Å². The summed E-state index contributed by atoms with van der Waals surface area (Å²) in [4.78, 5) is 28.7. The Morgan fingerprint density at radius 1 is 0.923 bits per heavy atom. The van der Waals surface area contributed by atoms with Gasteiger partial charge in [-0.15, -0.1) is 0 Å². The number of benzene rings is 3. The van der Waals surface area contributed by atoms with Crippen LogP contribution >= 0.6 is 11.6 Å². The van der Waals surface area contributed by atoms with E-state index in [0.29, 0.717) is 22.7 Å². The van der Waals surface area contributed by atoms with Crippen LogP contribution in [-0.2, 0) is 26.2 Å². The lowest BCUT2D eigenvalue weighted by molar-refractivity contribution is -0.140. The Morgan fingerprint density at radius 3 is 2.15 bits per heavy atom. The molecule has 0 aliphatic heterocycles. The summed E-state index contributed by atoms with van der Waals surface area (Å²) in [5.74, 6) is -0.789. The highest BCUT2D eigenvalue weighted by Crippen LogP contribution is 2.31. The highest BCUT2D eigenvalue weighted by atomic mass is 35.5. The molecular weight excluding hydrogens is 534 g/mol. The zero-order valence-electron chi connectivity index (χ0n) is 23.0. The summed E-state index contributed by atoms with van der Waals surface area (Å²) < 4.78 is 29.0. The number of nitrogens with zero attached hydrogens (tertiary/aromatic N) is 2. The lowest BCUT2D eigenvalue weighted by Gasteiger charge is -2.34. The van der Waals surface area contributed by atoms with Crippen molar-refractivity contribution in [2.45, 2.75) is 64.6 Å². The van der Waals surface area contributed by atoms with Gasteiger partial charge in [-0.1, -0.05) is 72.6 Å². The lowest BCUT2D eigenvalue weighted by Crippen LogP contribution is -2.53. The molecule has 1 atom stereocenters. The Balaban J connectivity index is 2.09. The van der Waals surface area contributed by atoms with E-state index in [1.807, 2.05) is 58.0 Å². The van der Waals surface area contributed by atoms with Crippen LogP contribution in [0.4, 0.5) is 5.69 Å². The third kappa shape index (κ3) is 7.40. The molecule has 0 radical (unpaired) electrons. The maximum Gasteiger partial charge on any atom is 0.264 e. The first-order chi connectivity index (χ1) is 18.4. The summed E-state index contributed by atoms with van der Waals surface area (Å²) >= 11 is 6.37. The minimum atomic E-state index is -4.16. The molecule has 0 aromatic heterocycles. The zero-order chi connectivity index (χ0) is 28.7. The summed E-state index contributed by atoms with van der Waals surface area (Å²) in [6.45, 7) is 8.77. The van der Waals surface area contributed by atoms with Crippen molar-refractivity contribution >= 4 is 39.1 Å². The predicted molar refractivity (Wildman–Crippen MR) is 156 cm³/mol. The Morgan fingerprint density at radius 2 is 1.56 bits per heavy atom. The first-order valence-electron chi connectivity index (χ1n) is 12.9. The van der Waals surface area contributed by atoms with Gasteiger partial charge in [0.05, 0.1) is 10.6 Å². The van der Waals surface area contributed by atoms with E-state index in [2.05, 4.69) is 5.32 Å². The number of carbonyl (C=O) groups is 2. The molecule has 2 amide bonds. The summed E-state index contributed by atoms with van der Waals surface area (Å²) in [5, 5.41) is 3.28. The van der Waals surface area contributed by atoms with Gasteiger partial charge in [0.1, 0.15) is 12.6 Å². The number of aryl methyl sites for hydroxylation is 1. The molecule has 3 aromatic carbocycles. The molecule has 3 aromatic rings. The van der Waals surface area contributed by atoms with Gasteiger partial charge in [-0.05, 0) is 69.5 Å². The van der Waals surface area contributed by atoms with E-state index in [0.717, 1.165) is 15.4 Å². The topological polar surface area (TPSA) is 86.8 Å². The van der Waals surface area contributed by atoms with Gasteiger partial charge < -0.3 is 10.2 Å². The van der Waals surface area contributed by atoms with Crippen LogP contribution in [0.2, 0.25) is 5.02 Å². The van der Waals surface area contributed by atoms with Crippen LogP contribution in [0.25, 0.3) is 0 Å². The SMILES string of the molecule is CCC(C(=O)NC(C)C)N(Cc1ccccc1)C(=O)CN(c1cccc(Cl)c1C)S(=O)(=O)c1ccc(C)cc1. The van der Waals surface area contributed by atoms with Gasteiger partial charge in [0.2, 0.25) is 11.8 Å². The summed E-state index contributed by atoms with van der Waals surface area (Å²) in [6.07, 6.45) is 0.359. The quantitative estimate of drug-likeness (QED) is 0.331. The fraction of sp³-hybridized carbons (Fsp3) is 0.333. The number of amides is 2. The van der Waals surface area contributed by atoms with Crippen molar-refractivity contribution in [2.24, 2.45) is 0 Å². The molecule has 1 unspecified atom stereocenters. The Labute approximate surface area is 236 Å². The van der Waals surface area contributed by atoms with Gasteiger partial charge >= 0.3 is 0 Å². The molecule has 0 saturated carbocycles. The van der Waals surface area contributed by atoms with Gasteiger partial charge in [0.15, 0.2) is 0 Å². The molecule has 1 N–H and O–H groups in total. The van der Waals surface area contributed by atoms with Crippen LogP contribution in [0.15, 0.2) is 77.7 Å². The van der Waals surface area contributed by atoms with Crippen molar-refractivity contribution in [2.75, 3.05) is 10.8 Å². The van der Waals surface area contributed by atoms with E-state index < -0.39 is 28.5 Å². The van der Waals surface area contributed by atoms with Gasteiger partial charge in [0, 0.05) is 17.6 Å². The van der Waals surface area contributed by atoms with Crippen LogP contribution in [0.1, 0.15) is 43.9 Å². The lowest BCUT2D eigenvalue weighted by atomic mass is 10.1. The Hall–Kier alpha value is -3.36. The van der Waals surface area contributed by atoms with Gasteiger partial charge in [-0.25, -0.2) is 8.42 Å². The van der Waals surface area contributed by atoms with Crippen LogP contribution in [-0.4, -0.2) is 43.8 Å². The predicted octanol–water partition coefficient (Wildman–Crippen LogP) is 5.48. The standard InChI is InChI=1S/C30H36ClN3O4S/c1-6-27(30(36)32-21(2)3)33(19-24-11-8-7-9-12-24)29(35)20-34(28-14-10-13-26(31)23(28)5)39(37,38)25-17-15-22(4)16-18-25/h7-18,21,27H,6,19-20H2,1-5H3,(H,32,36). The molecular formula is C30H36ClN3O4S. The number of hydrogen-bond donors (Lipinski definition) is 1. The Bertz CT molecular complexity index is 1390. The van der Waals surface area contributed by atoms with Gasteiger partial charge in [-0.3, -0.25) is 13.9 Å². The second-order valence-corrected chi connectivity index (χ2v) is 12.1. The highest BCUT2D eigenvalue weighted by molar-refractivity contribution is 7.92. The number of sulfonamides is 1. The van der Waals surface area contributed by atoms with Crippen molar-refractivity contribution in [1.82, 2.24) is 10.2 Å². The monoisotopic (exact) mass is 569 g/mol. The molecule has 9 heteroatoms. The first kappa shape index (κ1) is 30.2. The first-order valence-corrected chi connectivity index (χ1v) is 14.8. The smallest absolute Gasteiger partial charge is 0.264 e. The average molecular weight is 570 g/mol. The number of halogens is 1. The fourth-order valence-corrected chi connectivity index (χ4v) is 5.94. The van der Waals surface area contributed by atoms with Crippen molar-refractivity contribution in [3.05, 3.63) is 94.5 Å². The number of anilines is 1. The van der Waals surface area contributed by atoms with Crippen LogP contribution in [0, 0.1) is 13.8 Å². The molecule has 0 spiro atoms. The van der Waals surface area contributed by atoms with Crippen LogP contribution in [0.3, 0.4) is 0 Å². The number of hydrogen-bond acceptors (Lipinski definition) is 4. The second kappa shape index (κ2) is 13.1. The molecule has 39 heavy (non-hydrogen) atoms. The summed E-state index contributed by atoms with van der Waals surface area (Å²) in [7, 11) is -4.16. The van der Waals surface area contributed by atoms with Crippen molar-refractivity contribution < 1.29 is 18.0 Å². The summed E-state index contributed by atoms with van der Waals surface area (Å²) in [5.41, 5.74) is 2.57. The van der Waals surface area contributed by atoms with Gasteiger partial charge in [-0.2, -0.15) is 0 Å². The second-order valence-electron chi connectivity index (χ2n) is 9.80. The molecule has 0 aliphatic carbocycles. The minimum Gasteiger partial charge on any atom is -0.352 e. The van der Waals surface area contributed by atoms with E-state index in [9.17, 15) is 18.0 Å². The minimum absolute atomic E-state index is 0.0551. The Kier molecular flexibility index (Phi) is 10.2. The third-order valence-electron chi connectivity index (χ3n) is 6.41. The normalized spacial score (nSPS) is 12.2. The summed E-state index contributed by atoms with van der Waals surface area (Å²) in [6, 6.07) is 19.8. The zero-order valence-corrected chi connectivity index (χ0v) is 24.6. The van der Waals surface area contributed by atoms with Crippen molar-refractivity contribution in [3.63, 3.8) is 0 Å². The van der Waals surface area contributed by atoms with E-state index in [1.54, 1.807) is 37.3 Å². The molecule has 3 rings (SSSR count). The largest absolute Gasteiger partial charge is 0.352 e. The fourth-order valence-electron chi connectivity index (χ4n) is 4.30. The molecule has 7 nitrogen and oxygen atoms in total. The number of carbonyl (C=O) groups excluding carboxylic acids is 2. The number of nitrogens with one attached hydrogen (secondary N) is 1.